The van der Waals surface area contributed by atoms with E-state index in [1.165, 1.54) is 11.1 Å². The van der Waals surface area contributed by atoms with E-state index in [0.29, 0.717) is 6.42 Å². The second kappa shape index (κ2) is 8.43. The number of nitrogens with one attached hydrogen (secondary N) is 1. The summed E-state index contributed by atoms with van der Waals surface area (Å²) in [6.45, 7) is 1.67. The minimum absolute atomic E-state index is 0.147. The van der Waals surface area contributed by atoms with Crippen LogP contribution in [0, 0.1) is 0 Å². The molecule has 0 aliphatic heterocycles. The largest absolute Gasteiger partial charge is 0.396 e. The highest BCUT2D eigenvalue weighted by molar-refractivity contribution is 5.19. The average molecular weight is 321 g/mol. The number of hydrogen-bond donors (Lipinski definition) is 2. The van der Waals surface area contributed by atoms with Crippen LogP contribution < -0.4 is 5.32 Å². The Morgan fingerprint density at radius 3 is 2.38 bits per heavy atom. The minimum atomic E-state index is 0.147. The molecule has 1 heterocycles. The van der Waals surface area contributed by atoms with Gasteiger partial charge in [0.1, 0.15) is 0 Å². The van der Waals surface area contributed by atoms with Gasteiger partial charge in [-0.15, -0.1) is 0 Å². The van der Waals surface area contributed by atoms with Crippen molar-refractivity contribution in [2.75, 3.05) is 6.61 Å². The smallest absolute Gasteiger partial charge is 0.0659 e. The van der Waals surface area contributed by atoms with E-state index < -0.39 is 0 Å². The Hall–Kier alpha value is -2.43. The molecule has 0 fully saturated rings. The summed E-state index contributed by atoms with van der Waals surface area (Å²) in [6, 6.07) is 20.7. The molecule has 0 aliphatic rings. The molecule has 0 saturated carbocycles. The summed E-state index contributed by atoms with van der Waals surface area (Å²) in [5.41, 5.74) is 3.58. The molecule has 0 saturated heterocycles. The fourth-order valence-electron chi connectivity index (χ4n) is 2.80. The van der Waals surface area contributed by atoms with Crippen molar-refractivity contribution >= 4 is 0 Å². The predicted molar refractivity (Wildman–Crippen MR) is 95.5 cm³/mol. The maximum absolute atomic E-state index is 9.31. The molecule has 0 radical (unpaired) electrons. The maximum atomic E-state index is 9.31. The molecule has 4 nitrogen and oxygen atoms in total. The van der Waals surface area contributed by atoms with Gasteiger partial charge >= 0.3 is 0 Å². The fourth-order valence-corrected chi connectivity index (χ4v) is 2.80. The normalized spacial score (nSPS) is 12.2. The average Bonchev–Trinajstić information content (AvgIpc) is 3.07. The number of aromatic nitrogens is 2. The highest BCUT2D eigenvalue weighted by Gasteiger charge is 2.10. The Morgan fingerprint density at radius 2 is 1.67 bits per heavy atom. The molecule has 124 valence electrons. The van der Waals surface area contributed by atoms with Crippen LogP contribution in [0.4, 0.5) is 0 Å². The van der Waals surface area contributed by atoms with Gasteiger partial charge in [-0.25, -0.2) is 0 Å². The summed E-state index contributed by atoms with van der Waals surface area (Å²) in [5, 5.41) is 17.3. The lowest BCUT2D eigenvalue weighted by Crippen LogP contribution is -2.21. The van der Waals surface area contributed by atoms with Gasteiger partial charge in [-0.05, 0) is 17.5 Å². The van der Waals surface area contributed by atoms with Gasteiger partial charge < -0.3 is 10.4 Å². The van der Waals surface area contributed by atoms with E-state index in [0.717, 1.165) is 18.7 Å². The number of rotatable bonds is 8. The molecule has 0 unspecified atom stereocenters. The van der Waals surface area contributed by atoms with Crippen LogP contribution in [0.25, 0.3) is 0 Å². The maximum Gasteiger partial charge on any atom is 0.0659 e. The SMILES string of the molecule is OCC[C@@H](NCc1cnn(Cc2ccccc2)c1)c1ccccc1. The topological polar surface area (TPSA) is 50.1 Å². The van der Waals surface area contributed by atoms with Crippen molar-refractivity contribution in [1.29, 1.82) is 0 Å². The molecule has 4 heteroatoms. The van der Waals surface area contributed by atoms with Crippen LogP contribution in [0.5, 0.6) is 0 Å². The van der Waals surface area contributed by atoms with Crippen LogP contribution in [0.1, 0.15) is 29.2 Å². The first-order valence-corrected chi connectivity index (χ1v) is 8.29. The Labute approximate surface area is 142 Å². The lowest BCUT2D eigenvalue weighted by Gasteiger charge is -2.17. The van der Waals surface area contributed by atoms with E-state index in [1.54, 1.807) is 0 Å². The summed E-state index contributed by atoms with van der Waals surface area (Å²) >= 11 is 0. The van der Waals surface area contributed by atoms with Crippen LogP contribution in [0.3, 0.4) is 0 Å². The van der Waals surface area contributed by atoms with E-state index >= 15 is 0 Å². The summed E-state index contributed by atoms with van der Waals surface area (Å²) in [5.74, 6) is 0. The van der Waals surface area contributed by atoms with Gasteiger partial charge in [0.2, 0.25) is 0 Å². The lowest BCUT2D eigenvalue weighted by molar-refractivity contribution is 0.265. The number of nitrogens with zero attached hydrogens (tertiary/aromatic N) is 2. The highest BCUT2D eigenvalue weighted by Crippen LogP contribution is 2.16. The van der Waals surface area contributed by atoms with Crippen LogP contribution in [0.15, 0.2) is 73.1 Å². The van der Waals surface area contributed by atoms with Crippen molar-refractivity contribution in [3.63, 3.8) is 0 Å². The molecular weight excluding hydrogens is 298 g/mol. The first-order chi connectivity index (χ1) is 11.8. The van der Waals surface area contributed by atoms with Crippen LogP contribution in [0.2, 0.25) is 0 Å². The van der Waals surface area contributed by atoms with Gasteiger partial charge in [0, 0.05) is 31.0 Å². The Kier molecular flexibility index (Phi) is 5.77. The fraction of sp³-hybridized carbons (Fsp3) is 0.250. The number of hydrogen-bond acceptors (Lipinski definition) is 3. The zero-order valence-corrected chi connectivity index (χ0v) is 13.7. The lowest BCUT2D eigenvalue weighted by atomic mass is 10.0. The molecule has 1 aromatic heterocycles. The Bertz CT molecular complexity index is 725. The zero-order valence-electron chi connectivity index (χ0n) is 13.7. The van der Waals surface area contributed by atoms with Gasteiger partial charge in [0.05, 0.1) is 12.7 Å². The summed E-state index contributed by atoms with van der Waals surface area (Å²) in [4.78, 5) is 0. The third-order valence-electron chi connectivity index (χ3n) is 4.05. The monoisotopic (exact) mass is 321 g/mol. The number of benzene rings is 2. The Balaban J connectivity index is 1.59. The van der Waals surface area contributed by atoms with Gasteiger partial charge in [-0.3, -0.25) is 4.68 Å². The third-order valence-corrected chi connectivity index (χ3v) is 4.05. The molecule has 1 atom stereocenters. The number of aliphatic hydroxyl groups excluding tert-OH is 1. The molecule has 2 aromatic carbocycles. The molecule has 0 spiro atoms. The Morgan fingerprint density at radius 1 is 0.958 bits per heavy atom. The first-order valence-electron chi connectivity index (χ1n) is 8.29. The summed E-state index contributed by atoms with van der Waals surface area (Å²) in [7, 11) is 0. The highest BCUT2D eigenvalue weighted by atomic mass is 16.3. The zero-order chi connectivity index (χ0) is 16.6. The van der Waals surface area contributed by atoms with E-state index in [1.807, 2.05) is 47.3 Å². The quantitative estimate of drug-likeness (QED) is 0.670. The molecule has 2 N–H and O–H groups in total. The van der Waals surface area contributed by atoms with Crippen molar-refractivity contribution in [2.45, 2.75) is 25.6 Å². The van der Waals surface area contributed by atoms with E-state index in [4.69, 9.17) is 0 Å². The van der Waals surface area contributed by atoms with Crippen LogP contribution in [-0.4, -0.2) is 21.5 Å². The van der Waals surface area contributed by atoms with Gasteiger partial charge in [0.25, 0.3) is 0 Å². The van der Waals surface area contributed by atoms with Gasteiger partial charge in [0.15, 0.2) is 0 Å². The molecule has 0 bridgehead atoms. The second-order valence-corrected chi connectivity index (χ2v) is 5.89. The van der Waals surface area contributed by atoms with Crippen molar-refractivity contribution in [1.82, 2.24) is 15.1 Å². The predicted octanol–water partition coefficient (Wildman–Crippen LogP) is 3.14. The molecule has 24 heavy (non-hydrogen) atoms. The van der Waals surface area contributed by atoms with Crippen molar-refractivity contribution in [3.05, 3.63) is 89.7 Å². The first kappa shape index (κ1) is 16.4. The van der Waals surface area contributed by atoms with Gasteiger partial charge in [-0.1, -0.05) is 60.7 Å². The second-order valence-electron chi connectivity index (χ2n) is 5.89. The minimum Gasteiger partial charge on any atom is -0.396 e. The van der Waals surface area contributed by atoms with Crippen molar-refractivity contribution in [2.24, 2.45) is 0 Å². The van der Waals surface area contributed by atoms with Gasteiger partial charge in [-0.2, -0.15) is 5.10 Å². The molecular formula is C20H23N3O. The van der Waals surface area contributed by atoms with Crippen molar-refractivity contribution < 1.29 is 5.11 Å². The van der Waals surface area contributed by atoms with E-state index in [2.05, 4.69) is 40.9 Å². The third kappa shape index (κ3) is 4.54. The molecule has 0 amide bonds. The molecule has 3 aromatic rings. The van der Waals surface area contributed by atoms with E-state index in [9.17, 15) is 5.11 Å². The number of aliphatic hydroxyl groups is 1. The molecule has 0 aliphatic carbocycles. The molecule has 3 rings (SSSR count). The summed E-state index contributed by atoms with van der Waals surface area (Å²) in [6.07, 6.45) is 4.67. The van der Waals surface area contributed by atoms with E-state index in [-0.39, 0.29) is 12.6 Å². The van der Waals surface area contributed by atoms with Crippen LogP contribution >= 0.6 is 0 Å². The standard InChI is InChI=1S/C20H23N3O/c24-12-11-20(19-9-5-2-6-10-19)21-13-18-14-22-23(16-18)15-17-7-3-1-4-8-17/h1-10,14,16,20-21,24H,11-13,15H2/t20-/m1/s1. The van der Waals surface area contributed by atoms with Crippen LogP contribution in [-0.2, 0) is 13.1 Å². The van der Waals surface area contributed by atoms with Crippen molar-refractivity contribution in [3.8, 4) is 0 Å². The summed E-state index contributed by atoms with van der Waals surface area (Å²) < 4.78 is 1.95.